The average Bonchev–Trinajstić information content (AvgIpc) is 2.80. The van der Waals surface area contributed by atoms with Gasteiger partial charge in [0, 0.05) is 62.2 Å². The van der Waals surface area contributed by atoms with E-state index in [1.54, 1.807) is 0 Å². The largest absolute Gasteiger partial charge is 0.369 e. The van der Waals surface area contributed by atoms with Crippen molar-refractivity contribution in [1.82, 2.24) is 9.88 Å². The lowest BCUT2D eigenvalue weighted by Gasteiger charge is -2.41. The summed E-state index contributed by atoms with van der Waals surface area (Å²) in [5, 5.41) is 12.1. The van der Waals surface area contributed by atoms with Crippen molar-refractivity contribution in [3.05, 3.63) is 47.7 Å². The number of hydrogen-bond donors (Lipinski definition) is 1. The highest BCUT2D eigenvalue weighted by atomic mass is 32.2. The first-order valence-corrected chi connectivity index (χ1v) is 11.9. The molecule has 0 aliphatic carbocycles. The number of aromatic nitrogens is 1. The third kappa shape index (κ3) is 3.95. The van der Waals surface area contributed by atoms with Crippen LogP contribution in [0.3, 0.4) is 0 Å². The molecule has 3 aliphatic heterocycles. The van der Waals surface area contributed by atoms with Gasteiger partial charge in [0.25, 0.3) is 0 Å². The fraction of sp³-hybridized carbons (Fsp3) is 0.435. The van der Waals surface area contributed by atoms with Crippen LogP contribution in [-0.2, 0) is 11.3 Å². The van der Waals surface area contributed by atoms with E-state index in [1.807, 2.05) is 42.2 Å². The molecule has 5 rings (SSSR count). The predicted octanol–water partition coefficient (Wildman–Crippen LogP) is 2.54. The van der Waals surface area contributed by atoms with Crippen LogP contribution in [0.5, 0.6) is 0 Å². The summed E-state index contributed by atoms with van der Waals surface area (Å²) >= 11 is 1.83. The summed E-state index contributed by atoms with van der Waals surface area (Å²) in [6, 6.07) is 12.4. The van der Waals surface area contributed by atoms with Gasteiger partial charge in [0.05, 0.1) is 17.3 Å². The van der Waals surface area contributed by atoms with Crippen molar-refractivity contribution >= 4 is 34.9 Å². The first-order chi connectivity index (χ1) is 15.1. The summed E-state index contributed by atoms with van der Waals surface area (Å²) in [5.41, 5.74) is 3.83. The zero-order valence-electron chi connectivity index (χ0n) is 17.6. The number of nitriles is 1. The number of carbonyl (C=O) groups is 1. The van der Waals surface area contributed by atoms with E-state index in [0.29, 0.717) is 11.6 Å². The van der Waals surface area contributed by atoms with Gasteiger partial charge in [0.15, 0.2) is 5.82 Å². The van der Waals surface area contributed by atoms with Crippen molar-refractivity contribution in [2.24, 2.45) is 0 Å². The Hall–Kier alpha value is -2.76. The summed E-state index contributed by atoms with van der Waals surface area (Å²) in [6.45, 7) is 6.77. The molecule has 1 N–H and O–H groups in total. The van der Waals surface area contributed by atoms with Gasteiger partial charge in [-0.1, -0.05) is 0 Å². The minimum absolute atomic E-state index is 0.0862. The first-order valence-electron chi connectivity index (χ1n) is 10.8. The van der Waals surface area contributed by atoms with Gasteiger partial charge in [0.2, 0.25) is 5.91 Å². The van der Waals surface area contributed by atoms with Gasteiger partial charge in [-0.25, -0.2) is 4.98 Å². The maximum absolute atomic E-state index is 12.5. The Morgan fingerprint density at radius 3 is 2.87 bits per heavy atom. The molecule has 1 aromatic heterocycles. The number of benzene rings is 1. The summed E-state index contributed by atoms with van der Waals surface area (Å²) in [7, 11) is 0. The van der Waals surface area contributed by atoms with Gasteiger partial charge in [0.1, 0.15) is 6.04 Å². The molecule has 2 saturated heterocycles. The van der Waals surface area contributed by atoms with Crippen LogP contribution in [-0.4, -0.2) is 65.6 Å². The molecule has 7 nitrogen and oxygen atoms in total. The molecule has 0 saturated carbocycles. The molecule has 2 unspecified atom stereocenters. The van der Waals surface area contributed by atoms with Crippen molar-refractivity contribution in [1.29, 1.82) is 5.26 Å². The predicted molar refractivity (Wildman–Crippen MR) is 125 cm³/mol. The lowest BCUT2D eigenvalue weighted by molar-refractivity contribution is -0.117. The monoisotopic (exact) mass is 434 g/mol. The Bertz CT molecular complexity index is 1020. The van der Waals surface area contributed by atoms with Crippen LogP contribution >= 0.6 is 11.8 Å². The highest BCUT2D eigenvalue weighted by molar-refractivity contribution is 7.99. The van der Waals surface area contributed by atoms with E-state index < -0.39 is 0 Å². The highest BCUT2D eigenvalue weighted by Gasteiger charge is 2.36. The summed E-state index contributed by atoms with van der Waals surface area (Å²) in [4.78, 5) is 24.3. The summed E-state index contributed by atoms with van der Waals surface area (Å²) in [6.07, 6.45) is 1.97. The number of hydrogen-bond acceptors (Lipinski definition) is 7. The Balaban J connectivity index is 1.26. The Labute approximate surface area is 187 Å². The molecule has 2 atom stereocenters. The van der Waals surface area contributed by atoms with Crippen LogP contribution in [0.2, 0.25) is 0 Å². The Kier molecular flexibility index (Phi) is 5.47. The number of nitrogens with one attached hydrogen (secondary N) is 1. The molecule has 0 spiro atoms. The van der Waals surface area contributed by atoms with E-state index in [9.17, 15) is 4.79 Å². The van der Waals surface area contributed by atoms with Gasteiger partial charge in [-0.15, -0.1) is 0 Å². The SMILES string of the molecule is CC1CN(c2ccc(C#N)cc2)CCN1Cc1cnc2c(c1)NC(=O)C1CSCCN21. The maximum atomic E-state index is 12.5. The Morgan fingerprint density at radius 1 is 1.26 bits per heavy atom. The van der Waals surface area contributed by atoms with Crippen molar-refractivity contribution in [2.45, 2.75) is 25.6 Å². The number of nitrogens with zero attached hydrogens (tertiary/aromatic N) is 5. The zero-order chi connectivity index (χ0) is 21.4. The second-order valence-electron chi connectivity index (χ2n) is 8.41. The van der Waals surface area contributed by atoms with Crippen molar-refractivity contribution in [3.63, 3.8) is 0 Å². The summed E-state index contributed by atoms with van der Waals surface area (Å²) < 4.78 is 0. The molecular weight excluding hydrogens is 408 g/mol. The standard InChI is InChI=1S/C23H26N6OS/c1-16-13-28(19-4-2-17(11-24)3-5-19)7-6-27(16)14-18-10-20-22(25-12-18)29-8-9-31-15-21(29)23(30)26-20/h2-5,10,12,16,21H,6-9,13-15H2,1H3,(H,26,30). The molecule has 0 bridgehead atoms. The van der Waals surface area contributed by atoms with Gasteiger partial charge in [-0.05, 0) is 42.8 Å². The third-order valence-electron chi connectivity index (χ3n) is 6.40. The van der Waals surface area contributed by atoms with Crippen molar-refractivity contribution in [2.75, 3.05) is 52.8 Å². The van der Waals surface area contributed by atoms with E-state index >= 15 is 0 Å². The number of pyridine rings is 1. The quantitative estimate of drug-likeness (QED) is 0.796. The molecule has 0 radical (unpaired) electrons. The number of amides is 1. The topological polar surface area (TPSA) is 75.5 Å². The van der Waals surface area contributed by atoms with Crippen LogP contribution < -0.4 is 15.1 Å². The second kappa shape index (κ2) is 8.40. The molecule has 4 heterocycles. The minimum Gasteiger partial charge on any atom is -0.369 e. The average molecular weight is 435 g/mol. The molecule has 1 aromatic carbocycles. The van der Waals surface area contributed by atoms with E-state index in [0.717, 1.165) is 67.0 Å². The number of fused-ring (bicyclic) bond motifs is 3. The van der Waals surface area contributed by atoms with Gasteiger partial charge >= 0.3 is 0 Å². The second-order valence-corrected chi connectivity index (χ2v) is 9.56. The minimum atomic E-state index is -0.0973. The molecule has 3 aliphatic rings. The number of rotatable bonds is 3. The van der Waals surface area contributed by atoms with Crippen LogP contribution in [0.1, 0.15) is 18.1 Å². The third-order valence-corrected chi connectivity index (χ3v) is 7.42. The lowest BCUT2D eigenvalue weighted by atomic mass is 10.1. The van der Waals surface area contributed by atoms with E-state index in [4.69, 9.17) is 10.2 Å². The Morgan fingerprint density at radius 2 is 2.10 bits per heavy atom. The van der Waals surface area contributed by atoms with Gasteiger partial charge < -0.3 is 15.1 Å². The first kappa shape index (κ1) is 20.2. The number of anilines is 3. The van der Waals surface area contributed by atoms with Crippen molar-refractivity contribution in [3.8, 4) is 6.07 Å². The fourth-order valence-corrected chi connectivity index (χ4v) is 5.69. The van der Waals surface area contributed by atoms with Crippen LogP contribution in [0, 0.1) is 11.3 Å². The molecule has 31 heavy (non-hydrogen) atoms. The van der Waals surface area contributed by atoms with Crippen LogP contribution in [0.4, 0.5) is 17.2 Å². The van der Waals surface area contributed by atoms with Crippen LogP contribution in [0.25, 0.3) is 0 Å². The van der Waals surface area contributed by atoms with Gasteiger partial charge in [-0.2, -0.15) is 17.0 Å². The molecule has 2 fully saturated rings. The van der Waals surface area contributed by atoms with E-state index in [2.05, 4.69) is 39.1 Å². The fourth-order valence-electron chi connectivity index (χ4n) is 4.64. The molecule has 8 heteroatoms. The zero-order valence-corrected chi connectivity index (χ0v) is 18.4. The number of piperazine rings is 1. The number of carbonyl (C=O) groups excluding carboxylic acids is 1. The normalized spacial score (nSPS) is 23.5. The van der Waals surface area contributed by atoms with E-state index in [1.165, 1.54) is 0 Å². The lowest BCUT2D eigenvalue weighted by Crippen LogP contribution is -2.53. The molecule has 1 amide bonds. The smallest absolute Gasteiger partial charge is 0.248 e. The molecule has 160 valence electrons. The number of thioether (sulfide) groups is 1. The van der Waals surface area contributed by atoms with Crippen molar-refractivity contribution < 1.29 is 4.79 Å². The highest BCUT2D eigenvalue weighted by Crippen LogP contribution is 2.34. The summed E-state index contributed by atoms with van der Waals surface area (Å²) in [5.74, 6) is 2.86. The van der Waals surface area contributed by atoms with Gasteiger partial charge in [-0.3, -0.25) is 9.69 Å². The van der Waals surface area contributed by atoms with E-state index in [-0.39, 0.29) is 11.9 Å². The molecular formula is C23H26N6OS. The molecule has 2 aromatic rings. The van der Waals surface area contributed by atoms with Crippen LogP contribution in [0.15, 0.2) is 36.5 Å². The maximum Gasteiger partial charge on any atom is 0.248 e.